The van der Waals surface area contributed by atoms with Crippen molar-refractivity contribution in [1.29, 1.82) is 0 Å². The van der Waals surface area contributed by atoms with Crippen molar-refractivity contribution in [3.05, 3.63) is 70.9 Å². The molecule has 0 atom stereocenters. The predicted octanol–water partition coefficient (Wildman–Crippen LogP) is 4.64. The van der Waals surface area contributed by atoms with Crippen molar-refractivity contribution >= 4 is 17.2 Å². The Hall–Kier alpha value is -3.85. The van der Waals surface area contributed by atoms with Gasteiger partial charge in [0.25, 0.3) is 5.91 Å². The van der Waals surface area contributed by atoms with Crippen LogP contribution in [0, 0.1) is 6.92 Å². The van der Waals surface area contributed by atoms with Crippen molar-refractivity contribution in [2.45, 2.75) is 13.3 Å². The summed E-state index contributed by atoms with van der Waals surface area (Å²) in [6.07, 6.45) is 2.30. The quantitative estimate of drug-likeness (QED) is 0.339. The zero-order valence-corrected chi connectivity index (χ0v) is 21.3. The maximum Gasteiger partial charge on any atom is 0.257 e. The van der Waals surface area contributed by atoms with E-state index < -0.39 is 0 Å². The second-order valence-corrected chi connectivity index (χ2v) is 8.80. The fourth-order valence-corrected chi connectivity index (χ4v) is 4.55. The van der Waals surface area contributed by atoms with Gasteiger partial charge in [-0.25, -0.2) is 9.67 Å². The van der Waals surface area contributed by atoms with Crippen LogP contribution in [0.25, 0.3) is 16.4 Å². The highest BCUT2D eigenvalue weighted by Crippen LogP contribution is 2.28. The largest absolute Gasteiger partial charge is 0.497 e. The second-order valence-electron chi connectivity index (χ2n) is 7.97. The van der Waals surface area contributed by atoms with Crippen LogP contribution in [0.4, 0.5) is 0 Å². The Kier molecular flexibility index (Phi) is 7.36. The number of rotatable bonds is 9. The van der Waals surface area contributed by atoms with Crippen molar-refractivity contribution in [2.24, 2.45) is 0 Å². The van der Waals surface area contributed by atoms with E-state index in [4.69, 9.17) is 19.2 Å². The highest BCUT2D eigenvalue weighted by atomic mass is 32.1. The van der Waals surface area contributed by atoms with Crippen molar-refractivity contribution in [2.75, 3.05) is 34.9 Å². The Morgan fingerprint density at radius 1 is 1.03 bits per heavy atom. The summed E-state index contributed by atoms with van der Waals surface area (Å²) in [6.45, 7) is 2.44. The van der Waals surface area contributed by atoms with Gasteiger partial charge in [0.2, 0.25) is 5.13 Å². The van der Waals surface area contributed by atoms with E-state index in [0.29, 0.717) is 35.2 Å². The Bertz CT molecular complexity index is 1310. The van der Waals surface area contributed by atoms with Crippen LogP contribution in [0.2, 0.25) is 0 Å². The summed E-state index contributed by atoms with van der Waals surface area (Å²) in [5.74, 6) is 2.07. The molecule has 0 fully saturated rings. The Morgan fingerprint density at radius 2 is 1.77 bits per heavy atom. The number of thiazole rings is 1. The summed E-state index contributed by atoms with van der Waals surface area (Å²) in [7, 11) is 6.66. The molecular weight excluding hydrogens is 464 g/mol. The van der Waals surface area contributed by atoms with E-state index in [9.17, 15) is 4.79 Å². The van der Waals surface area contributed by atoms with Gasteiger partial charge in [-0.3, -0.25) is 4.79 Å². The number of amides is 1. The summed E-state index contributed by atoms with van der Waals surface area (Å²) in [5, 5.41) is 7.14. The molecule has 0 saturated carbocycles. The SMILES string of the molecule is COc1ccc(-c2csc(-n3ncc(C(=O)N(C)CCc4ccc(OC)c(OC)c4)c3C)n2)cc1. The zero-order valence-electron chi connectivity index (χ0n) is 20.4. The van der Waals surface area contributed by atoms with Crippen LogP contribution in [0.3, 0.4) is 0 Å². The van der Waals surface area contributed by atoms with Crippen LogP contribution < -0.4 is 14.2 Å². The monoisotopic (exact) mass is 492 g/mol. The lowest BCUT2D eigenvalue weighted by molar-refractivity contribution is 0.0796. The van der Waals surface area contributed by atoms with E-state index in [2.05, 4.69) is 5.10 Å². The topological polar surface area (TPSA) is 78.7 Å². The number of methoxy groups -OCH3 is 3. The minimum Gasteiger partial charge on any atom is -0.497 e. The summed E-state index contributed by atoms with van der Waals surface area (Å²) in [5.41, 5.74) is 4.21. The first-order valence-corrected chi connectivity index (χ1v) is 11.9. The molecule has 0 radical (unpaired) electrons. The average Bonchev–Trinajstić information content (AvgIpc) is 3.53. The molecule has 4 rings (SSSR count). The highest BCUT2D eigenvalue weighted by molar-refractivity contribution is 7.12. The Balaban J connectivity index is 1.45. The van der Waals surface area contributed by atoms with Gasteiger partial charge in [0.05, 0.1) is 44.5 Å². The molecule has 2 aromatic heterocycles. The fourth-order valence-electron chi connectivity index (χ4n) is 3.71. The molecule has 9 heteroatoms. The Labute approximate surface area is 208 Å². The molecule has 4 aromatic rings. The van der Waals surface area contributed by atoms with Crippen LogP contribution in [-0.2, 0) is 6.42 Å². The van der Waals surface area contributed by atoms with Gasteiger partial charge in [0, 0.05) is 24.5 Å². The number of benzene rings is 2. The summed E-state index contributed by atoms with van der Waals surface area (Å²) >= 11 is 1.48. The third kappa shape index (κ3) is 5.14. The maximum absolute atomic E-state index is 13.1. The van der Waals surface area contributed by atoms with Crippen molar-refractivity contribution < 1.29 is 19.0 Å². The van der Waals surface area contributed by atoms with Crippen molar-refractivity contribution in [3.63, 3.8) is 0 Å². The van der Waals surface area contributed by atoms with Gasteiger partial charge < -0.3 is 19.1 Å². The number of aromatic nitrogens is 3. The first-order chi connectivity index (χ1) is 16.9. The maximum atomic E-state index is 13.1. The van der Waals surface area contributed by atoms with Gasteiger partial charge in [-0.1, -0.05) is 6.07 Å². The van der Waals surface area contributed by atoms with Crippen LogP contribution in [0.15, 0.2) is 54.0 Å². The van der Waals surface area contributed by atoms with E-state index in [-0.39, 0.29) is 5.91 Å². The molecule has 0 bridgehead atoms. The molecule has 2 heterocycles. The van der Waals surface area contributed by atoms with Crippen molar-refractivity contribution in [1.82, 2.24) is 19.7 Å². The normalized spacial score (nSPS) is 10.8. The third-order valence-corrected chi connectivity index (χ3v) is 6.65. The highest BCUT2D eigenvalue weighted by Gasteiger charge is 2.20. The standard InChI is InChI=1S/C26H28N4O4S/c1-17-21(25(31)29(2)13-12-18-6-11-23(33-4)24(14-18)34-5)15-27-30(17)26-28-22(16-35-26)19-7-9-20(32-3)10-8-19/h6-11,14-16H,12-13H2,1-5H3. The number of hydrogen-bond acceptors (Lipinski definition) is 7. The smallest absolute Gasteiger partial charge is 0.257 e. The van der Waals surface area contributed by atoms with Gasteiger partial charge >= 0.3 is 0 Å². The number of likely N-dealkylation sites (N-methyl/N-ethyl adjacent to an activating group) is 1. The molecule has 0 aliphatic rings. The Morgan fingerprint density at radius 3 is 2.46 bits per heavy atom. The minimum atomic E-state index is -0.0823. The molecule has 8 nitrogen and oxygen atoms in total. The van der Waals surface area contributed by atoms with Gasteiger partial charge in [-0.2, -0.15) is 5.10 Å². The predicted molar refractivity (Wildman–Crippen MR) is 136 cm³/mol. The average molecular weight is 493 g/mol. The van der Waals surface area contributed by atoms with Crippen molar-refractivity contribution in [3.8, 4) is 33.6 Å². The molecule has 182 valence electrons. The minimum absolute atomic E-state index is 0.0823. The molecule has 0 aliphatic heterocycles. The molecule has 0 N–H and O–H groups in total. The van der Waals surface area contributed by atoms with Gasteiger partial charge in [-0.05, 0) is 55.3 Å². The molecule has 0 spiro atoms. The molecule has 0 unspecified atom stereocenters. The first kappa shape index (κ1) is 24.3. The number of nitrogens with zero attached hydrogens (tertiary/aromatic N) is 4. The lowest BCUT2D eigenvalue weighted by atomic mass is 10.1. The van der Waals surface area contributed by atoms with Crippen LogP contribution in [-0.4, -0.2) is 60.5 Å². The fraction of sp³-hybridized carbons (Fsp3) is 0.269. The molecular formula is C26H28N4O4S. The number of carbonyl (C=O) groups is 1. The third-order valence-electron chi connectivity index (χ3n) is 5.83. The number of carbonyl (C=O) groups excluding carboxylic acids is 1. The molecule has 2 aromatic carbocycles. The van der Waals surface area contributed by atoms with Crippen LogP contribution in [0.5, 0.6) is 17.2 Å². The first-order valence-electron chi connectivity index (χ1n) is 11.1. The lowest BCUT2D eigenvalue weighted by Gasteiger charge is -2.17. The molecule has 1 amide bonds. The van der Waals surface area contributed by atoms with E-state index >= 15 is 0 Å². The zero-order chi connectivity index (χ0) is 24.9. The van der Waals surface area contributed by atoms with E-state index in [1.807, 2.05) is 54.8 Å². The molecule has 35 heavy (non-hydrogen) atoms. The number of hydrogen-bond donors (Lipinski definition) is 0. The summed E-state index contributed by atoms with van der Waals surface area (Å²) in [4.78, 5) is 19.6. The molecule has 0 aliphatic carbocycles. The van der Waals surface area contributed by atoms with E-state index in [0.717, 1.165) is 28.3 Å². The van der Waals surface area contributed by atoms with E-state index in [1.165, 1.54) is 11.3 Å². The second kappa shape index (κ2) is 10.6. The van der Waals surface area contributed by atoms with Gasteiger partial charge in [0.15, 0.2) is 11.5 Å². The van der Waals surface area contributed by atoms with Crippen LogP contribution >= 0.6 is 11.3 Å². The lowest BCUT2D eigenvalue weighted by Crippen LogP contribution is -2.29. The van der Waals surface area contributed by atoms with Gasteiger partial charge in [-0.15, -0.1) is 11.3 Å². The molecule has 0 saturated heterocycles. The number of ether oxygens (including phenoxy) is 3. The van der Waals surface area contributed by atoms with Gasteiger partial charge in [0.1, 0.15) is 5.75 Å². The van der Waals surface area contributed by atoms with Crippen LogP contribution in [0.1, 0.15) is 21.6 Å². The van der Waals surface area contributed by atoms with E-state index in [1.54, 1.807) is 44.2 Å². The summed E-state index contributed by atoms with van der Waals surface area (Å²) < 4.78 is 17.6. The summed E-state index contributed by atoms with van der Waals surface area (Å²) in [6, 6.07) is 13.5.